The molecular formula is C27H31N3O4. The van der Waals surface area contributed by atoms with Crippen molar-refractivity contribution in [2.45, 2.75) is 38.3 Å². The lowest BCUT2D eigenvalue weighted by Gasteiger charge is -2.35. The first kappa shape index (κ1) is 24.8. The zero-order valence-electron chi connectivity index (χ0n) is 19.6. The van der Waals surface area contributed by atoms with Crippen molar-refractivity contribution >= 4 is 12.0 Å². The van der Waals surface area contributed by atoms with Crippen LogP contribution in [-0.4, -0.2) is 34.1 Å². The standard InChI is InChI=1S/C21H25N3O4.C6H6/c1-14(24-12-11-18(28-21(24)27)8-9-19(22)25)15-3-5-16(6-4-15)17-7-10-20(26)23(2)13-17;1-2-4-6-5-3-1/h3-7,10,13-14,18H,8-9,11-12H2,1-2H3,(H2,22,25);1-6H. The van der Waals surface area contributed by atoms with Gasteiger partial charge in [-0.1, -0.05) is 60.7 Å². The van der Waals surface area contributed by atoms with Gasteiger partial charge in [0.05, 0.1) is 6.04 Å². The molecule has 1 fully saturated rings. The third kappa shape index (κ3) is 6.81. The molecule has 1 saturated heterocycles. The molecule has 2 atom stereocenters. The molecule has 2 N–H and O–H groups in total. The number of aromatic nitrogens is 1. The number of rotatable bonds is 6. The highest BCUT2D eigenvalue weighted by Crippen LogP contribution is 2.28. The Morgan fingerprint density at radius 1 is 1.00 bits per heavy atom. The summed E-state index contributed by atoms with van der Waals surface area (Å²) < 4.78 is 7.00. The summed E-state index contributed by atoms with van der Waals surface area (Å²) in [5, 5.41) is 0. The van der Waals surface area contributed by atoms with Crippen LogP contribution in [0.25, 0.3) is 11.1 Å². The van der Waals surface area contributed by atoms with Crippen molar-refractivity contribution in [3.05, 3.63) is 94.9 Å². The van der Waals surface area contributed by atoms with Gasteiger partial charge < -0.3 is 19.9 Å². The first-order chi connectivity index (χ1) is 16.3. The Morgan fingerprint density at radius 3 is 2.12 bits per heavy atom. The molecule has 2 amide bonds. The molecule has 4 rings (SSSR count). The van der Waals surface area contributed by atoms with E-state index in [1.807, 2.05) is 67.6 Å². The second-order valence-corrected chi connectivity index (χ2v) is 8.31. The maximum Gasteiger partial charge on any atom is 0.410 e. The van der Waals surface area contributed by atoms with E-state index in [2.05, 4.69) is 0 Å². The Kier molecular flexibility index (Phi) is 8.62. The zero-order chi connectivity index (χ0) is 24.5. The fraction of sp³-hybridized carbons (Fsp3) is 0.296. The highest BCUT2D eigenvalue weighted by Gasteiger charge is 2.31. The zero-order valence-corrected chi connectivity index (χ0v) is 19.6. The van der Waals surface area contributed by atoms with Crippen molar-refractivity contribution < 1.29 is 14.3 Å². The normalized spacial score (nSPS) is 16.1. The van der Waals surface area contributed by atoms with Crippen LogP contribution < -0.4 is 11.3 Å². The van der Waals surface area contributed by atoms with Gasteiger partial charge in [0.25, 0.3) is 0 Å². The first-order valence-corrected chi connectivity index (χ1v) is 11.4. The van der Waals surface area contributed by atoms with Crippen LogP contribution in [-0.2, 0) is 16.6 Å². The third-order valence-electron chi connectivity index (χ3n) is 5.85. The fourth-order valence-electron chi connectivity index (χ4n) is 3.79. The summed E-state index contributed by atoms with van der Waals surface area (Å²) in [5.74, 6) is -0.384. The van der Waals surface area contributed by atoms with Crippen LogP contribution in [0.15, 0.2) is 83.8 Å². The molecule has 0 radical (unpaired) electrons. The highest BCUT2D eigenvalue weighted by atomic mass is 16.6. The molecule has 0 saturated carbocycles. The van der Waals surface area contributed by atoms with Crippen LogP contribution in [0.1, 0.15) is 37.8 Å². The minimum Gasteiger partial charge on any atom is -0.446 e. The Hall–Kier alpha value is -3.87. The molecule has 1 aliphatic rings. The number of carbonyl (C=O) groups excluding carboxylic acids is 2. The summed E-state index contributed by atoms with van der Waals surface area (Å²) >= 11 is 0. The van der Waals surface area contributed by atoms with Gasteiger partial charge in [0.15, 0.2) is 0 Å². The summed E-state index contributed by atoms with van der Waals surface area (Å²) in [6.45, 7) is 2.54. The third-order valence-corrected chi connectivity index (χ3v) is 5.85. The van der Waals surface area contributed by atoms with Gasteiger partial charge >= 0.3 is 6.09 Å². The van der Waals surface area contributed by atoms with Crippen LogP contribution in [0.4, 0.5) is 4.79 Å². The molecule has 2 heterocycles. The number of cyclic esters (lactones) is 1. The first-order valence-electron chi connectivity index (χ1n) is 11.4. The quantitative estimate of drug-likeness (QED) is 0.593. The van der Waals surface area contributed by atoms with Gasteiger partial charge in [-0.3, -0.25) is 9.59 Å². The Labute approximate surface area is 199 Å². The number of amides is 2. The molecular weight excluding hydrogens is 430 g/mol. The van der Waals surface area contributed by atoms with E-state index in [1.54, 1.807) is 34.8 Å². The number of hydrogen-bond donors (Lipinski definition) is 1. The van der Waals surface area contributed by atoms with Crippen molar-refractivity contribution in [1.29, 1.82) is 0 Å². The van der Waals surface area contributed by atoms with E-state index in [0.717, 1.165) is 16.7 Å². The van der Waals surface area contributed by atoms with Crippen LogP contribution in [0.2, 0.25) is 0 Å². The summed E-state index contributed by atoms with van der Waals surface area (Å²) in [4.78, 5) is 36.5. The molecule has 2 aromatic carbocycles. The van der Waals surface area contributed by atoms with Gasteiger partial charge in [0.1, 0.15) is 6.10 Å². The Bertz CT molecular complexity index is 1120. The molecule has 1 aliphatic heterocycles. The molecule has 3 aromatic rings. The number of benzene rings is 2. The van der Waals surface area contributed by atoms with Crippen molar-refractivity contribution in [3.63, 3.8) is 0 Å². The lowest BCUT2D eigenvalue weighted by molar-refractivity contribution is -0.118. The van der Waals surface area contributed by atoms with Gasteiger partial charge in [0.2, 0.25) is 11.5 Å². The van der Waals surface area contributed by atoms with Gasteiger partial charge in [-0.25, -0.2) is 4.79 Å². The van der Waals surface area contributed by atoms with Crippen molar-refractivity contribution in [2.75, 3.05) is 6.54 Å². The number of primary amides is 1. The molecule has 0 bridgehead atoms. The maximum atomic E-state index is 12.4. The van der Waals surface area contributed by atoms with Gasteiger partial charge in [0, 0.05) is 38.7 Å². The van der Waals surface area contributed by atoms with E-state index < -0.39 is 0 Å². The minimum atomic E-state index is -0.384. The summed E-state index contributed by atoms with van der Waals surface area (Å²) in [5.41, 5.74) is 8.06. The Balaban J connectivity index is 0.000000469. The van der Waals surface area contributed by atoms with E-state index in [4.69, 9.17) is 10.5 Å². The van der Waals surface area contributed by atoms with E-state index in [9.17, 15) is 14.4 Å². The number of ether oxygens (including phenoxy) is 1. The predicted molar refractivity (Wildman–Crippen MR) is 132 cm³/mol. The molecule has 7 nitrogen and oxygen atoms in total. The van der Waals surface area contributed by atoms with Crippen LogP contribution in [0.3, 0.4) is 0 Å². The highest BCUT2D eigenvalue weighted by molar-refractivity contribution is 5.74. The van der Waals surface area contributed by atoms with Crippen molar-refractivity contribution in [2.24, 2.45) is 12.8 Å². The Morgan fingerprint density at radius 2 is 1.59 bits per heavy atom. The lowest BCUT2D eigenvalue weighted by atomic mass is 10.0. The number of nitrogens with two attached hydrogens (primary N) is 1. The van der Waals surface area contributed by atoms with E-state index >= 15 is 0 Å². The molecule has 178 valence electrons. The molecule has 7 heteroatoms. The van der Waals surface area contributed by atoms with Crippen LogP contribution in [0, 0.1) is 0 Å². The van der Waals surface area contributed by atoms with E-state index in [-0.39, 0.29) is 36.1 Å². The SMILES string of the molecule is CC(c1ccc(-c2ccc(=O)n(C)c2)cc1)N1CCC(CCC(N)=O)OC1=O.c1ccccc1. The molecule has 34 heavy (non-hydrogen) atoms. The van der Waals surface area contributed by atoms with Gasteiger partial charge in [-0.05, 0) is 36.1 Å². The fourth-order valence-corrected chi connectivity index (χ4v) is 3.79. The number of hydrogen-bond acceptors (Lipinski definition) is 4. The second kappa shape index (κ2) is 11.8. The van der Waals surface area contributed by atoms with E-state index in [1.165, 1.54) is 0 Å². The smallest absolute Gasteiger partial charge is 0.410 e. The largest absolute Gasteiger partial charge is 0.446 e. The summed E-state index contributed by atoms with van der Waals surface area (Å²) in [7, 11) is 1.72. The minimum absolute atomic E-state index is 0.0493. The van der Waals surface area contributed by atoms with Crippen molar-refractivity contribution in [3.8, 4) is 11.1 Å². The second-order valence-electron chi connectivity index (χ2n) is 8.31. The van der Waals surface area contributed by atoms with E-state index in [0.29, 0.717) is 19.4 Å². The molecule has 2 unspecified atom stereocenters. The average molecular weight is 462 g/mol. The van der Waals surface area contributed by atoms with Crippen LogP contribution >= 0.6 is 0 Å². The molecule has 0 spiro atoms. The van der Waals surface area contributed by atoms with Crippen LogP contribution in [0.5, 0.6) is 0 Å². The maximum absolute atomic E-state index is 12.4. The summed E-state index contributed by atoms with van der Waals surface area (Å²) in [6.07, 6.45) is 2.55. The molecule has 0 aliphatic carbocycles. The van der Waals surface area contributed by atoms with Gasteiger partial charge in [-0.15, -0.1) is 0 Å². The monoisotopic (exact) mass is 461 g/mol. The lowest BCUT2D eigenvalue weighted by Crippen LogP contribution is -2.43. The summed E-state index contributed by atoms with van der Waals surface area (Å²) in [6, 6.07) is 23.2. The van der Waals surface area contributed by atoms with Crippen molar-refractivity contribution in [1.82, 2.24) is 9.47 Å². The number of pyridine rings is 1. The average Bonchev–Trinajstić information content (AvgIpc) is 2.86. The number of nitrogens with zero attached hydrogens (tertiary/aromatic N) is 2. The topological polar surface area (TPSA) is 94.6 Å². The predicted octanol–water partition coefficient (Wildman–Crippen LogP) is 4.28. The van der Waals surface area contributed by atoms with Gasteiger partial charge in [-0.2, -0.15) is 0 Å². The molecule has 1 aromatic heterocycles. The number of carbonyl (C=O) groups is 2. The number of aryl methyl sites for hydroxylation is 1.